The summed E-state index contributed by atoms with van der Waals surface area (Å²) in [5.41, 5.74) is 0. The quantitative estimate of drug-likeness (QED) is 0.657. The van der Waals surface area contributed by atoms with E-state index >= 15 is 0 Å². The molecule has 0 aromatic carbocycles. The maximum absolute atomic E-state index is 4.06. The van der Waals surface area contributed by atoms with Gasteiger partial charge in [0.2, 0.25) is 0 Å². The van der Waals surface area contributed by atoms with Crippen molar-refractivity contribution in [3.63, 3.8) is 0 Å². The summed E-state index contributed by atoms with van der Waals surface area (Å²) < 4.78 is 2.19. The summed E-state index contributed by atoms with van der Waals surface area (Å²) in [4.78, 5) is 4.06. The van der Waals surface area contributed by atoms with Gasteiger partial charge < -0.3 is 4.57 Å². The summed E-state index contributed by atoms with van der Waals surface area (Å²) in [5, 5.41) is 0. The van der Waals surface area contributed by atoms with E-state index in [0.29, 0.717) is 0 Å². The van der Waals surface area contributed by atoms with Gasteiger partial charge >= 0.3 is 0 Å². The van der Waals surface area contributed by atoms with Crippen molar-refractivity contribution in [2.75, 3.05) is 0 Å². The zero-order chi connectivity index (χ0) is 9.52. The van der Waals surface area contributed by atoms with Crippen molar-refractivity contribution >= 4 is 0 Å². The minimum Gasteiger partial charge on any atom is -0.337 e. The highest BCUT2D eigenvalue weighted by atomic mass is 15.0. The summed E-state index contributed by atoms with van der Waals surface area (Å²) in [6.07, 6.45) is 11.1. The third-order valence-corrected chi connectivity index (χ3v) is 2.42. The summed E-state index contributed by atoms with van der Waals surface area (Å²) in [7, 11) is 0. The van der Waals surface area contributed by atoms with E-state index in [1.165, 1.54) is 25.7 Å². The Morgan fingerprint density at radius 2 is 1.92 bits per heavy atom. The second kappa shape index (κ2) is 5.79. The van der Waals surface area contributed by atoms with E-state index in [2.05, 4.69) is 29.6 Å². The number of nitrogens with zero attached hydrogens (tertiary/aromatic N) is 2. The molecule has 0 amide bonds. The number of aromatic nitrogens is 2. The predicted octanol–water partition coefficient (Wildman–Crippen LogP) is 3.10. The van der Waals surface area contributed by atoms with Crippen molar-refractivity contribution in [1.29, 1.82) is 0 Å². The van der Waals surface area contributed by atoms with Crippen molar-refractivity contribution in [3.05, 3.63) is 18.7 Å². The molecule has 1 rings (SSSR count). The summed E-state index contributed by atoms with van der Waals surface area (Å²) in [6, 6.07) is 0. The first-order valence-electron chi connectivity index (χ1n) is 5.32. The normalized spacial score (nSPS) is 11.0. The van der Waals surface area contributed by atoms with Crippen LogP contribution in [0.15, 0.2) is 18.7 Å². The van der Waals surface area contributed by atoms with E-state index in [0.717, 1.165) is 12.5 Å². The molecule has 0 saturated heterocycles. The van der Waals surface area contributed by atoms with Crippen LogP contribution in [0.3, 0.4) is 0 Å². The van der Waals surface area contributed by atoms with Crippen molar-refractivity contribution < 1.29 is 0 Å². The first-order chi connectivity index (χ1) is 6.36. The Labute approximate surface area is 81.0 Å². The Balaban J connectivity index is 2.37. The molecule has 0 radical (unpaired) electrons. The lowest BCUT2D eigenvalue weighted by molar-refractivity contribution is 0.381. The van der Waals surface area contributed by atoms with Crippen LogP contribution in [0.1, 0.15) is 39.5 Å². The Hall–Kier alpha value is -0.790. The van der Waals surface area contributed by atoms with E-state index in [1.54, 1.807) is 0 Å². The standard InChI is InChI=1S/C11H20N2/c1-3-5-11(6-4-2)9-13-8-7-12-10-13/h7-8,10-11H,3-6,9H2,1-2H3. The highest BCUT2D eigenvalue weighted by molar-refractivity contribution is 4.75. The second-order valence-corrected chi connectivity index (χ2v) is 3.70. The minimum absolute atomic E-state index is 0.837. The fourth-order valence-electron chi connectivity index (χ4n) is 1.84. The average molecular weight is 180 g/mol. The van der Waals surface area contributed by atoms with E-state index in [1.807, 2.05) is 12.5 Å². The molecule has 0 aliphatic rings. The van der Waals surface area contributed by atoms with Crippen LogP contribution in [0.4, 0.5) is 0 Å². The van der Waals surface area contributed by atoms with Gasteiger partial charge in [-0.15, -0.1) is 0 Å². The van der Waals surface area contributed by atoms with E-state index in [9.17, 15) is 0 Å². The molecule has 0 fully saturated rings. The monoisotopic (exact) mass is 180 g/mol. The molecule has 0 bridgehead atoms. The topological polar surface area (TPSA) is 17.8 Å². The Morgan fingerprint density at radius 3 is 2.38 bits per heavy atom. The number of rotatable bonds is 6. The van der Waals surface area contributed by atoms with Gasteiger partial charge in [-0.3, -0.25) is 0 Å². The molecular formula is C11H20N2. The Kier molecular flexibility index (Phi) is 4.58. The Morgan fingerprint density at radius 1 is 1.23 bits per heavy atom. The van der Waals surface area contributed by atoms with Crippen LogP contribution < -0.4 is 0 Å². The Bertz CT molecular complexity index is 198. The lowest BCUT2D eigenvalue weighted by atomic mass is 9.98. The van der Waals surface area contributed by atoms with Crippen LogP contribution in [0.5, 0.6) is 0 Å². The molecule has 0 aliphatic carbocycles. The van der Waals surface area contributed by atoms with Gasteiger partial charge in [-0.1, -0.05) is 26.7 Å². The first-order valence-corrected chi connectivity index (χ1v) is 5.32. The minimum atomic E-state index is 0.837. The fraction of sp³-hybridized carbons (Fsp3) is 0.727. The van der Waals surface area contributed by atoms with E-state index in [-0.39, 0.29) is 0 Å². The zero-order valence-electron chi connectivity index (χ0n) is 8.74. The van der Waals surface area contributed by atoms with Gasteiger partial charge in [0, 0.05) is 18.9 Å². The molecule has 74 valence electrons. The van der Waals surface area contributed by atoms with Gasteiger partial charge in [0.15, 0.2) is 0 Å². The lowest BCUT2D eigenvalue weighted by Gasteiger charge is -2.15. The molecule has 2 heteroatoms. The van der Waals surface area contributed by atoms with Crippen LogP contribution in [0, 0.1) is 5.92 Å². The third-order valence-electron chi connectivity index (χ3n) is 2.42. The average Bonchev–Trinajstić information content (AvgIpc) is 2.58. The van der Waals surface area contributed by atoms with Crippen LogP contribution in [0.2, 0.25) is 0 Å². The molecule has 0 unspecified atom stereocenters. The molecule has 0 saturated carbocycles. The molecule has 1 aromatic heterocycles. The van der Waals surface area contributed by atoms with Crippen molar-refractivity contribution in [2.45, 2.75) is 46.1 Å². The van der Waals surface area contributed by atoms with Gasteiger partial charge in [-0.25, -0.2) is 4.98 Å². The third kappa shape index (κ3) is 3.62. The molecule has 13 heavy (non-hydrogen) atoms. The maximum atomic E-state index is 4.06. The smallest absolute Gasteiger partial charge is 0.0945 e. The second-order valence-electron chi connectivity index (χ2n) is 3.70. The van der Waals surface area contributed by atoms with Gasteiger partial charge in [0.25, 0.3) is 0 Å². The van der Waals surface area contributed by atoms with Crippen LogP contribution >= 0.6 is 0 Å². The molecule has 1 aromatic rings. The zero-order valence-corrected chi connectivity index (χ0v) is 8.74. The molecule has 0 spiro atoms. The van der Waals surface area contributed by atoms with Gasteiger partial charge in [0.05, 0.1) is 6.33 Å². The van der Waals surface area contributed by atoms with Gasteiger partial charge in [-0.05, 0) is 18.8 Å². The van der Waals surface area contributed by atoms with Gasteiger partial charge in [0.1, 0.15) is 0 Å². The summed E-state index contributed by atoms with van der Waals surface area (Å²) in [6.45, 7) is 5.66. The maximum Gasteiger partial charge on any atom is 0.0945 e. The molecular weight excluding hydrogens is 160 g/mol. The molecule has 0 N–H and O–H groups in total. The molecule has 1 heterocycles. The van der Waals surface area contributed by atoms with Crippen LogP contribution in [-0.4, -0.2) is 9.55 Å². The SMILES string of the molecule is CCCC(CCC)Cn1ccnc1. The van der Waals surface area contributed by atoms with E-state index in [4.69, 9.17) is 0 Å². The number of hydrogen-bond donors (Lipinski definition) is 0. The molecule has 0 aliphatic heterocycles. The largest absolute Gasteiger partial charge is 0.337 e. The predicted molar refractivity (Wildman–Crippen MR) is 55.5 cm³/mol. The molecule has 2 nitrogen and oxygen atoms in total. The highest BCUT2D eigenvalue weighted by Crippen LogP contribution is 2.15. The van der Waals surface area contributed by atoms with Crippen LogP contribution in [-0.2, 0) is 6.54 Å². The first kappa shape index (κ1) is 10.3. The number of imidazole rings is 1. The van der Waals surface area contributed by atoms with Crippen molar-refractivity contribution in [1.82, 2.24) is 9.55 Å². The fourth-order valence-corrected chi connectivity index (χ4v) is 1.84. The van der Waals surface area contributed by atoms with Crippen molar-refractivity contribution in [3.8, 4) is 0 Å². The summed E-state index contributed by atoms with van der Waals surface area (Å²) >= 11 is 0. The summed E-state index contributed by atoms with van der Waals surface area (Å²) in [5.74, 6) is 0.837. The highest BCUT2D eigenvalue weighted by Gasteiger charge is 2.06. The van der Waals surface area contributed by atoms with Crippen molar-refractivity contribution in [2.24, 2.45) is 5.92 Å². The number of hydrogen-bond acceptors (Lipinski definition) is 1. The molecule has 0 atom stereocenters. The van der Waals surface area contributed by atoms with Crippen LogP contribution in [0.25, 0.3) is 0 Å². The van der Waals surface area contributed by atoms with E-state index < -0.39 is 0 Å². The lowest BCUT2D eigenvalue weighted by Crippen LogP contribution is -2.09. The van der Waals surface area contributed by atoms with Gasteiger partial charge in [-0.2, -0.15) is 0 Å².